The average Bonchev–Trinajstić information content (AvgIpc) is 3.27. The van der Waals surface area contributed by atoms with Gasteiger partial charge in [-0.25, -0.2) is 28.1 Å². The fourth-order valence-electron chi connectivity index (χ4n) is 5.16. The first-order valence-corrected chi connectivity index (χ1v) is 13.0. The summed E-state index contributed by atoms with van der Waals surface area (Å²) in [5.74, 6) is 0.312. The minimum Gasteiger partial charge on any atom is -0.304 e. The number of fused-ring (bicyclic) bond motifs is 2. The van der Waals surface area contributed by atoms with Crippen LogP contribution < -0.4 is 11.2 Å². The maximum Gasteiger partial charge on any atom is 0.337 e. The van der Waals surface area contributed by atoms with Crippen molar-refractivity contribution >= 4 is 39.3 Å². The number of halogens is 3. The van der Waals surface area contributed by atoms with Gasteiger partial charge in [0.1, 0.15) is 17.3 Å². The number of hydrogen-bond acceptors (Lipinski definition) is 4. The normalized spacial score (nSPS) is 15.1. The van der Waals surface area contributed by atoms with Crippen LogP contribution in [0.3, 0.4) is 0 Å². The quantitative estimate of drug-likeness (QED) is 0.268. The first-order chi connectivity index (χ1) is 17.9. The minimum absolute atomic E-state index is 0.0742. The molecule has 6 rings (SSSR count). The molecule has 0 unspecified atom stereocenters. The van der Waals surface area contributed by atoms with Crippen LogP contribution >= 0.6 is 22.6 Å². The third-order valence-corrected chi connectivity index (χ3v) is 7.55. The maximum absolute atomic E-state index is 14.1. The Labute approximate surface area is 223 Å². The van der Waals surface area contributed by atoms with Crippen molar-refractivity contribution < 1.29 is 8.78 Å². The lowest BCUT2D eigenvalue weighted by Gasteiger charge is -2.29. The van der Waals surface area contributed by atoms with Gasteiger partial charge >= 0.3 is 5.69 Å². The Morgan fingerprint density at radius 3 is 2.59 bits per heavy atom. The van der Waals surface area contributed by atoms with Gasteiger partial charge in [0.15, 0.2) is 5.65 Å². The van der Waals surface area contributed by atoms with Crippen molar-refractivity contribution in [2.45, 2.75) is 38.1 Å². The molecule has 4 aromatic heterocycles. The van der Waals surface area contributed by atoms with E-state index in [9.17, 15) is 18.4 Å². The van der Waals surface area contributed by atoms with Gasteiger partial charge < -0.3 is 4.40 Å². The summed E-state index contributed by atoms with van der Waals surface area (Å²) < 4.78 is 32.9. The number of rotatable bonds is 4. The third kappa shape index (κ3) is 4.47. The molecule has 1 fully saturated rings. The smallest absolute Gasteiger partial charge is 0.304 e. The van der Waals surface area contributed by atoms with E-state index in [0.717, 1.165) is 34.4 Å². The fraction of sp³-hybridized carbons (Fsp3) is 0.222. The van der Waals surface area contributed by atoms with Crippen molar-refractivity contribution in [1.82, 2.24) is 23.5 Å². The first-order valence-electron chi connectivity index (χ1n) is 11.9. The summed E-state index contributed by atoms with van der Waals surface area (Å²) in [5.41, 5.74) is 1.25. The van der Waals surface area contributed by atoms with Gasteiger partial charge in [0.05, 0.1) is 23.0 Å². The van der Waals surface area contributed by atoms with Crippen molar-refractivity contribution in [3.63, 3.8) is 0 Å². The SMILES string of the molecule is O=c1c2cc(F)cnc2n(-c2cccc(I)c2)c(=O)n1C1CC[C](Cc2cn3cc(F)ccc3n2)CC1. The van der Waals surface area contributed by atoms with Gasteiger partial charge in [-0.15, -0.1) is 0 Å². The summed E-state index contributed by atoms with van der Waals surface area (Å²) in [4.78, 5) is 35.9. The summed E-state index contributed by atoms with van der Waals surface area (Å²) in [7, 11) is 0. The van der Waals surface area contributed by atoms with E-state index in [1.54, 1.807) is 16.5 Å². The van der Waals surface area contributed by atoms with Crippen LogP contribution in [0, 0.1) is 21.1 Å². The molecule has 0 saturated heterocycles. The second kappa shape index (κ2) is 9.47. The fourth-order valence-corrected chi connectivity index (χ4v) is 5.68. The molecule has 7 nitrogen and oxygen atoms in total. The van der Waals surface area contributed by atoms with E-state index in [-0.39, 0.29) is 22.9 Å². The molecule has 1 aliphatic rings. The van der Waals surface area contributed by atoms with Crippen LogP contribution in [0.15, 0.2) is 70.6 Å². The number of imidazole rings is 1. The number of nitrogens with zero attached hydrogens (tertiary/aromatic N) is 5. The Bertz CT molecular complexity index is 1770. The molecule has 1 aromatic carbocycles. The van der Waals surface area contributed by atoms with Gasteiger partial charge in [0.25, 0.3) is 5.56 Å². The molecule has 1 saturated carbocycles. The molecule has 0 atom stereocenters. The number of hydrogen-bond donors (Lipinski definition) is 0. The molecule has 1 aliphatic carbocycles. The summed E-state index contributed by atoms with van der Waals surface area (Å²) in [6, 6.07) is 11.2. The molecular formula is C27H21F2IN5O2. The van der Waals surface area contributed by atoms with Gasteiger partial charge in [-0.1, -0.05) is 6.07 Å². The predicted octanol–water partition coefficient (Wildman–Crippen LogP) is 5.01. The molecule has 0 bridgehead atoms. The van der Waals surface area contributed by atoms with Crippen molar-refractivity contribution in [2.75, 3.05) is 0 Å². The van der Waals surface area contributed by atoms with Gasteiger partial charge in [-0.2, -0.15) is 0 Å². The summed E-state index contributed by atoms with van der Waals surface area (Å²) >= 11 is 2.16. The van der Waals surface area contributed by atoms with Crippen molar-refractivity contribution in [2.24, 2.45) is 0 Å². The van der Waals surface area contributed by atoms with Crippen LogP contribution in [0.4, 0.5) is 8.78 Å². The van der Waals surface area contributed by atoms with Gasteiger partial charge in [0.2, 0.25) is 0 Å². The molecule has 0 amide bonds. The predicted molar refractivity (Wildman–Crippen MR) is 144 cm³/mol. The van der Waals surface area contributed by atoms with E-state index in [2.05, 4.69) is 32.6 Å². The van der Waals surface area contributed by atoms with E-state index < -0.39 is 17.1 Å². The molecule has 4 heterocycles. The summed E-state index contributed by atoms with van der Waals surface area (Å²) in [6.07, 6.45) is 7.56. The van der Waals surface area contributed by atoms with E-state index in [4.69, 9.17) is 0 Å². The van der Waals surface area contributed by atoms with E-state index >= 15 is 0 Å². The van der Waals surface area contributed by atoms with Crippen LogP contribution in [0.2, 0.25) is 0 Å². The largest absolute Gasteiger partial charge is 0.337 e. The molecule has 10 heteroatoms. The molecule has 187 valence electrons. The molecule has 0 aliphatic heterocycles. The molecule has 1 radical (unpaired) electrons. The summed E-state index contributed by atoms with van der Waals surface area (Å²) in [5, 5.41) is 0.0742. The van der Waals surface area contributed by atoms with Crippen molar-refractivity contribution in [3.8, 4) is 5.69 Å². The van der Waals surface area contributed by atoms with Crippen LogP contribution in [0.1, 0.15) is 37.4 Å². The Kier molecular flexibility index (Phi) is 6.13. The molecular weight excluding hydrogens is 591 g/mol. The van der Waals surface area contributed by atoms with E-state index in [0.29, 0.717) is 30.6 Å². The highest BCUT2D eigenvalue weighted by molar-refractivity contribution is 14.1. The first kappa shape index (κ1) is 24.0. The second-order valence-corrected chi connectivity index (χ2v) is 10.5. The lowest BCUT2D eigenvalue weighted by Crippen LogP contribution is -2.43. The van der Waals surface area contributed by atoms with Crippen molar-refractivity contribution in [3.05, 3.63) is 109 Å². The molecule has 37 heavy (non-hydrogen) atoms. The zero-order chi connectivity index (χ0) is 25.7. The second-order valence-electron chi connectivity index (χ2n) is 9.30. The third-order valence-electron chi connectivity index (χ3n) is 6.88. The topological polar surface area (TPSA) is 74.2 Å². The van der Waals surface area contributed by atoms with Crippen molar-refractivity contribution in [1.29, 1.82) is 0 Å². The highest BCUT2D eigenvalue weighted by Crippen LogP contribution is 2.34. The van der Waals surface area contributed by atoms with Crippen LogP contribution in [-0.2, 0) is 6.42 Å². The zero-order valence-electron chi connectivity index (χ0n) is 19.6. The highest BCUT2D eigenvalue weighted by atomic mass is 127. The number of pyridine rings is 2. The Hall–Kier alpha value is -3.41. The average molecular weight is 612 g/mol. The maximum atomic E-state index is 14.1. The summed E-state index contributed by atoms with van der Waals surface area (Å²) in [6.45, 7) is 0. The minimum atomic E-state index is -0.629. The van der Waals surface area contributed by atoms with E-state index in [1.165, 1.54) is 27.3 Å². The molecule has 0 N–H and O–H groups in total. The number of benzene rings is 1. The Morgan fingerprint density at radius 1 is 1.00 bits per heavy atom. The monoisotopic (exact) mass is 612 g/mol. The standard InChI is InChI=1S/C27H21F2IN5O2/c28-17-6-9-24-32-20(15-33(24)14-17)10-16-4-7-21(8-5-16)35-26(36)23-11-18(29)13-31-25(23)34(27(35)37)22-3-1-2-19(30)12-22/h1-3,6,9,11-15,21H,4-5,7-8,10H2. The van der Waals surface area contributed by atoms with Gasteiger partial charge in [0, 0.05) is 22.0 Å². The number of aromatic nitrogens is 5. The Balaban J connectivity index is 1.32. The van der Waals surface area contributed by atoms with Gasteiger partial charge in [-0.3, -0.25) is 9.36 Å². The lowest BCUT2D eigenvalue weighted by atomic mass is 9.83. The lowest BCUT2D eigenvalue weighted by molar-refractivity contribution is 0.347. The Morgan fingerprint density at radius 2 is 1.81 bits per heavy atom. The van der Waals surface area contributed by atoms with Crippen LogP contribution in [0.25, 0.3) is 22.4 Å². The zero-order valence-corrected chi connectivity index (χ0v) is 21.7. The van der Waals surface area contributed by atoms with E-state index in [1.807, 2.05) is 24.4 Å². The van der Waals surface area contributed by atoms with Crippen LogP contribution in [0.5, 0.6) is 0 Å². The highest BCUT2D eigenvalue weighted by Gasteiger charge is 2.28. The molecule has 5 aromatic rings. The van der Waals surface area contributed by atoms with Gasteiger partial charge in [-0.05, 0) is 97.0 Å². The molecule has 0 spiro atoms. The van der Waals surface area contributed by atoms with Crippen LogP contribution in [-0.4, -0.2) is 23.5 Å².